The third kappa shape index (κ3) is 5.03. The Kier molecular flexibility index (Phi) is 7.40. The van der Waals surface area contributed by atoms with Gasteiger partial charge in [0, 0.05) is 17.8 Å². The molecular weight excluding hydrogens is 465 g/mol. The van der Waals surface area contributed by atoms with Crippen LogP contribution in [0.2, 0.25) is 0 Å². The number of amides is 1. The zero-order valence-electron chi connectivity index (χ0n) is 20.2. The maximum atomic E-state index is 14.0. The number of aryl methyl sites for hydroxylation is 2. The van der Waals surface area contributed by atoms with Crippen molar-refractivity contribution in [2.45, 2.75) is 46.2 Å². The Morgan fingerprint density at radius 2 is 1.97 bits per heavy atom. The zero-order valence-corrected chi connectivity index (χ0v) is 21.0. The predicted molar refractivity (Wildman–Crippen MR) is 136 cm³/mol. The average molecular weight is 494 g/mol. The van der Waals surface area contributed by atoms with Crippen molar-refractivity contribution in [1.82, 2.24) is 10.2 Å². The van der Waals surface area contributed by atoms with E-state index in [9.17, 15) is 14.0 Å². The molecule has 0 fully saturated rings. The summed E-state index contributed by atoms with van der Waals surface area (Å²) in [5, 5.41) is 5.41. The van der Waals surface area contributed by atoms with Crippen LogP contribution in [0.1, 0.15) is 48.1 Å². The molecule has 0 saturated heterocycles. The highest BCUT2D eigenvalue weighted by atomic mass is 32.2. The molecule has 2 aliphatic heterocycles. The number of aliphatic imine (C=N–C) groups is 1. The van der Waals surface area contributed by atoms with Crippen LogP contribution in [0.25, 0.3) is 0 Å². The number of rotatable bonds is 7. The monoisotopic (exact) mass is 493 g/mol. The summed E-state index contributed by atoms with van der Waals surface area (Å²) < 4.78 is 19.1. The van der Waals surface area contributed by atoms with Crippen molar-refractivity contribution in [3.63, 3.8) is 0 Å². The van der Waals surface area contributed by atoms with E-state index in [-0.39, 0.29) is 24.7 Å². The molecule has 0 unspecified atom stereocenters. The van der Waals surface area contributed by atoms with Gasteiger partial charge in [-0.1, -0.05) is 60.6 Å². The minimum absolute atomic E-state index is 0.0673. The largest absolute Gasteiger partial charge is 0.466 e. The number of amidine groups is 1. The number of carbonyl (C=O) groups excluding carboxylic acids is 2. The van der Waals surface area contributed by atoms with Gasteiger partial charge < -0.3 is 15.0 Å². The zero-order chi connectivity index (χ0) is 25.1. The number of halogens is 1. The first-order valence-corrected chi connectivity index (χ1v) is 12.3. The lowest BCUT2D eigenvalue weighted by Gasteiger charge is -2.37. The Morgan fingerprint density at radius 1 is 1.20 bits per heavy atom. The van der Waals surface area contributed by atoms with Gasteiger partial charge >= 0.3 is 5.97 Å². The molecule has 0 bridgehead atoms. The summed E-state index contributed by atoms with van der Waals surface area (Å²) in [5.74, 6) is -1.04. The lowest BCUT2D eigenvalue weighted by atomic mass is 9.89. The summed E-state index contributed by atoms with van der Waals surface area (Å²) in [6.45, 7) is 6.10. The lowest BCUT2D eigenvalue weighted by molar-refractivity contribution is -0.136. The van der Waals surface area contributed by atoms with Gasteiger partial charge in [-0.3, -0.25) is 4.79 Å². The van der Waals surface area contributed by atoms with Gasteiger partial charge in [0.05, 0.1) is 30.8 Å². The third-order valence-electron chi connectivity index (χ3n) is 6.12. The lowest BCUT2D eigenvalue weighted by Crippen LogP contribution is -2.38. The third-order valence-corrected chi connectivity index (χ3v) is 7.01. The van der Waals surface area contributed by atoms with Gasteiger partial charge in [0.1, 0.15) is 5.82 Å². The van der Waals surface area contributed by atoms with Crippen LogP contribution in [0.15, 0.2) is 69.8 Å². The number of allylic oxidation sites excluding steroid dienone is 1. The molecule has 0 aliphatic carbocycles. The molecule has 182 valence electrons. The highest BCUT2D eigenvalue weighted by Gasteiger charge is 2.42. The Labute approximate surface area is 209 Å². The summed E-state index contributed by atoms with van der Waals surface area (Å²) in [6, 6.07) is 12.0. The number of benzene rings is 2. The molecule has 2 aromatic carbocycles. The van der Waals surface area contributed by atoms with E-state index in [4.69, 9.17) is 9.73 Å². The van der Waals surface area contributed by atoms with E-state index >= 15 is 0 Å². The molecule has 0 saturated carbocycles. The van der Waals surface area contributed by atoms with Crippen LogP contribution < -0.4 is 5.32 Å². The molecule has 1 N–H and O–H groups in total. The van der Waals surface area contributed by atoms with E-state index in [0.29, 0.717) is 23.3 Å². The molecule has 1 amide bonds. The highest BCUT2D eigenvalue weighted by molar-refractivity contribution is 8.16. The molecule has 2 aliphatic rings. The highest BCUT2D eigenvalue weighted by Crippen LogP contribution is 2.46. The number of nitrogens with zero attached hydrogens (tertiary/aromatic N) is 2. The number of methoxy groups -OCH3 is 1. The van der Waals surface area contributed by atoms with Crippen LogP contribution >= 0.6 is 11.8 Å². The number of ether oxygens (including phenoxy) is 1. The van der Waals surface area contributed by atoms with Gasteiger partial charge in [0.2, 0.25) is 5.91 Å². The Morgan fingerprint density at radius 3 is 2.66 bits per heavy atom. The van der Waals surface area contributed by atoms with Crippen LogP contribution in [-0.4, -0.2) is 29.1 Å². The normalized spacial score (nSPS) is 17.1. The van der Waals surface area contributed by atoms with Crippen molar-refractivity contribution in [2.75, 3.05) is 7.11 Å². The molecule has 4 rings (SSSR count). The fraction of sp³-hybridized carbons (Fsp3) is 0.296. The first-order valence-electron chi connectivity index (χ1n) is 11.5. The number of thioether (sulfide) groups is 1. The van der Waals surface area contributed by atoms with Gasteiger partial charge in [0.15, 0.2) is 5.17 Å². The molecule has 1 atom stereocenters. The van der Waals surface area contributed by atoms with Crippen LogP contribution in [0, 0.1) is 19.7 Å². The van der Waals surface area contributed by atoms with E-state index < -0.39 is 12.0 Å². The predicted octanol–water partition coefficient (Wildman–Crippen LogP) is 5.29. The molecular formula is C27H28FN3O3S. The van der Waals surface area contributed by atoms with Crippen LogP contribution in [0.3, 0.4) is 0 Å². The van der Waals surface area contributed by atoms with Gasteiger partial charge in [-0.15, -0.1) is 0 Å². The summed E-state index contributed by atoms with van der Waals surface area (Å²) in [4.78, 5) is 32.5. The second-order valence-corrected chi connectivity index (χ2v) is 9.34. The average Bonchev–Trinajstić information content (AvgIpc) is 3.24. The first kappa shape index (κ1) is 24.7. The topological polar surface area (TPSA) is 71.0 Å². The van der Waals surface area contributed by atoms with Gasteiger partial charge in [-0.05, 0) is 42.9 Å². The van der Waals surface area contributed by atoms with Crippen molar-refractivity contribution in [2.24, 2.45) is 4.99 Å². The van der Waals surface area contributed by atoms with Gasteiger partial charge in [0.25, 0.3) is 0 Å². The van der Waals surface area contributed by atoms with Gasteiger partial charge in [-0.25, -0.2) is 14.2 Å². The molecule has 2 aromatic rings. The maximum Gasteiger partial charge on any atom is 0.338 e. The molecule has 6 nitrogen and oxygen atoms in total. The summed E-state index contributed by atoms with van der Waals surface area (Å²) in [5.41, 5.74) is 5.41. The van der Waals surface area contributed by atoms with Crippen LogP contribution in [0.4, 0.5) is 4.39 Å². The molecule has 8 heteroatoms. The van der Waals surface area contributed by atoms with E-state index in [1.54, 1.807) is 18.2 Å². The number of carbonyl (C=O) groups is 2. The number of hydrogen-bond donors (Lipinski definition) is 1. The minimum atomic E-state index is -0.467. The Bertz CT molecular complexity index is 1270. The number of esters is 1. The van der Waals surface area contributed by atoms with Crippen molar-refractivity contribution in [3.05, 3.63) is 92.9 Å². The summed E-state index contributed by atoms with van der Waals surface area (Å²) in [7, 11) is 1.37. The number of hydrogen-bond acceptors (Lipinski definition) is 6. The maximum absolute atomic E-state index is 14.0. The fourth-order valence-corrected chi connectivity index (χ4v) is 5.34. The molecule has 35 heavy (non-hydrogen) atoms. The standard InChI is InChI=1S/C27H28FN3O3S/c1-5-22-24(26(33)34-4)25(20-11-10-16(2)12-17(20)3)31-19(15-35-27(31)30-22)13-23(32)29-14-18-8-6-7-9-21(18)28/h6-12,15,25H,5,13-14H2,1-4H3,(H,29,32)/t25-/m0/s1. The van der Waals surface area contributed by atoms with E-state index in [0.717, 1.165) is 27.6 Å². The quantitative estimate of drug-likeness (QED) is 0.531. The first-order chi connectivity index (χ1) is 16.8. The summed E-state index contributed by atoms with van der Waals surface area (Å²) in [6.07, 6.45) is 0.639. The second-order valence-electron chi connectivity index (χ2n) is 8.50. The van der Waals surface area contributed by atoms with E-state index in [1.807, 2.05) is 43.2 Å². The minimum Gasteiger partial charge on any atom is -0.466 e. The number of nitrogens with one attached hydrogen (secondary N) is 1. The Balaban J connectivity index is 1.66. The smallest absolute Gasteiger partial charge is 0.338 e. The van der Waals surface area contributed by atoms with Crippen LogP contribution in [-0.2, 0) is 20.9 Å². The van der Waals surface area contributed by atoms with Crippen LogP contribution in [0.5, 0.6) is 0 Å². The van der Waals surface area contributed by atoms with E-state index in [2.05, 4.69) is 11.4 Å². The SMILES string of the molecule is CCC1=C(C(=O)OC)[C@H](c2ccc(C)cc2C)N2C(CC(=O)NCc3ccccc3F)=CSC2=N1. The number of fused-ring (bicyclic) bond motifs is 1. The fourth-order valence-electron chi connectivity index (χ4n) is 4.40. The molecule has 0 radical (unpaired) electrons. The van der Waals surface area contributed by atoms with Crippen molar-refractivity contribution < 1.29 is 18.7 Å². The van der Waals surface area contributed by atoms with Crippen molar-refractivity contribution in [1.29, 1.82) is 0 Å². The van der Waals surface area contributed by atoms with Crippen molar-refractivity contribution >= 4 is 28.8 Å². The van der Waals surface area contributed by atoms with Gasteiger partial charge in [-0.2, -0.15) is 0 Å². The molecule has 0 aromatic heterocycles. The second kappa shape index (κ2) is 10.5. The Hall–Kier alpha value is -3.39. The molecule has 2 heterocycles. The molecule has 0 spiro atoms. The van der Waals surface area contributed by atoms with Crippen molar-refractivity contribution in [3.8, 4) is 0 Å². The summed E-state index contributed by atoms with van der Waals surface area (Å²) >= 11 is 1.43. The van der Waals surface area contributed by atoms with E-state index in [1.165, 1.54) is 24.9 Å².